The van der Waals surface area contributed by atoms with Gasteiger partial charge in [0.05, 0.1) is 16.7 Å². The van der Waals surface area contributed by atoms with Gasteiger partial charge < -0.3 is 4.42 Å². The molecule has 1 aliphatic rings. The summed E-state index contributed by atoms with van der Waals surface area (Å²) in [7, 11) is 0. The van der Waals surface area contributed by atoms with Crippen LogP contribution in [0.15, 0.2) is 83.3 Å². The van der Waals surface area contributed by atoms with E-state index < -0.39 is 0 Å². The molecule has 0 aliphatic heterocycles. The van der Waals surface area contributed by atoms with Crippen LogP contribution in [-0.4, -0.2) is 0 Å². The van der Waals surface area contributed by atoms with Crippen LogP contribution in [-0.2, 0) is 0 Å². The van der Waals surface area contributed by atoms with Gasteiger partial charge in [0.1, 0.15) is 29.4 Å². The van der Waals surface area contributed by atoms with E-state index in [1.807, 2.05) is 30.3 Å². The summed E-state index contributed by atoms with van der Waals surface area (Å²) in [5.74, 6) is 0. The van der Waals surface area contributed by atoms with Gasteiger partial charge in [0.15, 0.2) is 0 Å². The molecule has 1 aliphatic carbocycles. The van der Waals surface area contributed by atoms with Gasteiger partial charge in [0, 0.05) is 16.3 Å². The fourth-order valence-corrected chi connectivity index (χ4v) is 5.52. The lowest BCUT2D eigenvalue weighted by Crippen LogP contribution is -1.94. The second-order valence-corrected chi connectivity index (χ2v) is 8.64. The van der Waals surface area contributed by atoms with E-state index in [0.717, 1.165) is 60.7 Å². The Morgan fingerprint density at radius 2 is 1.29 bits per heavy atom. The molecule has 7 rings (SSSR count). The van der Waals surface area contributed by atoms with E-state index in [0.29, 0.717) is 0 Å². The molecule has 4 nitrogen and oxygen atoms in total. The maximum absolute atomic E-state index is 9.82. The molecule has 0 spiro atoms. The minimum absolute atomic E-state index is 0.102. The first-order valence-electron chi connectivity index (χ1n) is 11.1. The summed E-state index contributed by atoms with van der Waals surface area (Å²) in [6.07, 6.45) is 0. The Balaban J connectivity index is 1.74. The molecule has 0 fully saturated rings. The molecule has 0 N–H and O–H groups in total. The third-order valence-electron chi connectivity index (χ3n) is 6.91. The number of nitrogens with zero attached hydrogens (tertiary/aromatic N) is 3. The van der Waals surface area contributed by atoms with Crippen molar-refractivity contribution in [1.29, 1.82) is 15.8 Å². The zero-order chi connectivity index (χ0) is 23.7. The first kappa shape index (κ1) is 19.1. The molecule has 1 heterocycles. The number of para-hydroxylation sites is 1. The van der Waals surface area contributed by atoms with E-state index in [2.05, 4.69) is 54.6 Å². The van der Waals surface area contributed by atoms with Gasteiger partial charge in [-0.1, -0.05) is 54.6 Å². The van der Waals surface area contributed by atoms with Gasteiger partial charge in [-0.05, 0) is 62.9 Å². The molecular weight excluding hydrogens is 430 g/mol. The molecule has 0 bridgehead atoms. The van der Waals surface area contributed by atoms with E-state index in [1.165, 1.54) is 5.39 Å². The van der Waals surface area contributed by atoms with E-state index in [4.69, 9.17) is 4.42 Å². The number of fused-ring (bicyclic) bond motifs is 6. The largest absolute Gasteiger partial charge is 0.456 e. The van der Waals surface area contributed by atoms with Crippen molar-refractivity contribution in [3.05, 3.63) is 95.6 Å². The number of nitriles is 3. The predicted octanol–water partition coefficient (Wildman–Crippen LogP) is 7.67. The van der Waals surface area contributed by atoms with Gasteiger partial charge >= 0.3 is 0 Å². The number of hydrogen-bond donors (Lipinski definition) is 0. The van der Waals surface area contributed by atoms with Crippen molar-refractivity contribution in [2.75, 3.05) is 0 Å². The Kier molecular flexibility index (Phi) is 3.73. The average molecular weight is 443 g/mol. The van der Waals surface area contributed by atoms with E-state index >= 15 is 0 Å². The highest BCUT2D eigenvalue weighted by atomic mass is 16.3. The normalized spacial score (nSPS) is 11.3. The standard InChI is InChI=1S/C31H13N3O/c32-14-19-11-18(12-20(15-33)25(19)16-34)29-30-23-9-4-6-17-5-3-8-21(28(17)23)24(30)13-27-31(29)22-7-1-2-10-26(22)35-27/h1-13H. The Morgan fingerprint density at radius 3 is 2.00 bits per heavy atom. The third kappa shape index (κ3) is 2.42. The highest BCUT2D eigenvalue weighted by molar-refractivity contribution is 6.25. The zero-order valence-electron chi connectivity index (χ0n) is 18.3. The Bertz CT molecular complexity index is 2000. The van der Waals surface area contributed by atoms with Crippen LogP contribution < -0.4 is 0 Å². The Morgan fingerprint density at radius 1 is 0.571 bits per heavy atom. The maximum Gasteiger partial charge on any atom is 0.136 e. The van der Waals surface area contributed by atoms with Crippen molar-refractivity contribution in [1.82, 2.24) is 0 Å². The van der Waals surface area contributed by atoms with Gasteiger partial charge in [-0.25, -0.2) is 0 Å². The highest BCUT2D eigenvalue weighted by Crippen LogP contribution is 2.54. The predicted molar refractivity (Wildman–Crippen MR) is 135 cm³/mol. The van der Waals surface area contributed by atoms with Gasteiger partial charge in [-0.3, -0.25) is 0 Å². The summed E-state index contributed by atoms with van der Waals surface area (Å²) in [4.78, 5) is 0. The van der Waals surface area contributed by atoms with Crippen molar-refractivity contribution < 1.29 is 4.42 Å². The quantitative estimate of drug-likeness (QED) is 0.260. The van der Waals surface area contributed by atoms with Crippen molar-refractivity contribution in [2.24, 2.45) is 0 Å². The molecule has 1 aromatic heterocycles. The van der Waals surface area contributed by atoms with Crippen LogP contribution in [0.3, 0.4) is 0 Å². The summed E-state index contributed by atoms with van der Waals surface area (Å²) < 4.78 is 6.31. The minimum Gasteiger partial charge on any atom is -0.456 e. The number of furan rings is 1. The van der Waals surface area contributed by atoms with E-state index in [1.54, 1.807) is 12.1 Å². The fourth-order valence-electron chi connectivity index (χ4n) is 5.52. The molecule has 35 heavy (non-hydrogen) atoms. The van der Waals surface area contributed by atoms with Crippen molar-refractivity contribution in [3.8, 4) is 51.6 Å². The lowest BCUT2D eigenvalue weighted by molar-refractivity contribution is 0.669. The first-order valence-corrected chi connectivity index (χ1v) is 11.1. The molecule has 5 aromatic carbocycles. The molecule has 158 valence electrons. The molecule has 0 amide bonds. The van der Waals surface area contributed by atoms with Crippen LogP contribution in [0.25, 0.3) is 66.1 Å². The second kappa shape index (κ2) is 6.82. The van der Waals surface area contributed by atoms with Crippen LogP contribution in [0.2, 0.25) is 0 Å². The van der Waals surface area contributed by atoms with Gasteiger partial charge in [-0.2, -0.15) is 15.8 Å². The summed E-state index contributed by atoms with van der Waals surface area (Å²) in [6, 6.07) is 32.3. The van der Waals surface area contributed by atoms with Gasteiger partial charge in [0.25, 0.3) is 0 Å². The molecule has 0 radical (unpaired) electrons. The minimum atomic E-state index is 0.102. The summed E-state index contributed by atoms with van der Waals surface area (Å²) in [6.45, 7) is 0. The number of rotatable bonds is 1. The lowest BCUT2D eigenvalue weighted by Gasteiger charge is -2.14. The van der Waals surface area contributed by atoms with Crippen molar-refractivity contribution >= 4 is 32.7 Å². The Hall–Kier alpha value is -5.37. The van der Waals surface area contributed by atoms with Crippen LogP contribution in [0.5, 0.6) is 0 Å². The fraction of sp³-hybridized carbons (Fsp3) is 0. The smallest absolute Gasteiger partial charge is 0.136 e. The topological polar surface area (TPSA) is 84.5 Å². The average Bonchev–Trinajstić information content (AvgIpc) is 3.43. The molecule has 0 atom stereocenters. The third-order valence-corrected chi connectivity index (χ3v) is 6.91. The lowest BCUT2D eigenvalue weighted by atomic mass is 9.87. The molecule has 6 aromatic rings. The molecule has 0 unspecified atom stereocenters. The van der Waals surface area contributed by atoms with Crippen LogP contribution in [0.1, 0.15) is 16.7 Å². The van der Waals surface area contributed by atoms with Crippen molar-refractivity contribution in [2.45, 2.75) is 0 Å². The summed E-state index contributed by atoms with van der Waals surface area (Å²) in [5.41, 5.74) is 7.96. The zero-order valence-corrected chi connectivity index (χ0v) is 18.3. The summed E-state index contributed by atoms with van der Waals surface area (Å²) in [5, 5.41) is 33.5. The molecule has 0 saturated heterocycles. The highest BCUT2D eigenvalue weighted by Gasteiger charge is 2.29. The second-order valence-electron chi connectivity index (χ2n) is 8.64. The van der Waals surface area contributed by atoms with Crippen LogP contribution >= 0.6 is 0 Å². The number of benzene rings is 5. The SMILES string of the molecule is N#Cc1cc(-c2c3c(cc4oc5ccccc5c24)-c2cccc4cccc-3c24)cc(C#N)c1C#N. The van der Waals surface area contributed by atoms with Crippen LogP contribution in [0.4, 0.5) is 0 Å². The first-order chi connectivity index (χ1) is 17.2. The number of hydrogen-bond acceptors (Lipinski definition) is 4. The van der Waals surface area contributed by atoms with Gasteiger partial charge in [-0.15, -0.1) is 0 Å². The maximum atomic E-state index is 9.82. The Labute approximate surface area is 200 Å². The molecule has 0 saturated carbocycles. The van der Waals surface area contributed by atoms with Crippen LogP contribution in [0, 0.1) is 34.0 Å². The monoisotopic (exact) mass is 443 g/mol. The van der Waals surface area contributed by atoms with E-state index in [-0.39, 0.29) is 16.7 Å². The van der Waals surface area contributed by atoms with Gasteiger partial charge in [0.2, 0.25) is 0 Å². The van der Waals surface area contributed by atoms with Crippen molar-refractivity contribution in [3.63, 3.8) is 0 Å². The van der Waals surface area contributed by atoms with E-state index in [9.17, 15) is 15.8 Å². The molecular formula is C31H13N3O. The molecule has 4 heteroatoms. The summed E-state index contributed by atoms with van der Waals surface area (Å²) >= 11 is 0.